The summed E-state index contributed by atoms with van der Waals surface area (Å²) in [6.07, 6.45) is 0. The van der Waals surface area contributed by atoms with Gasteiger partial charge in [0.15, 0.2) is 11.5 Å². The monoisotopic (exact) mass is 770 g/mol. The number of hydrogen-bond acceptors (Lipinski definition) is 11. The number of aryl methyl sites for hydroxylation is 1. The van der Waals surface area contributed by atoms with Crippen LogP contribution in [0.3, 0.4) is 0 Å². The molecule has 16 heteroatoms. The Morgan fingerprint density at radius 2 is 1.45 bits per heavy atom. The topological polar surface area (TPSA) is 162 Å². The van der Waals surface area contributed by atoms with Crippen LogP contribution in [0.1, 0.15) is 21.5 Å². The van der Waals surface area contributed by atoms with Gasteiger partial charge in [-0.2, -0.15) is 8.42 Å². The predicted octanol–water partition coefficient (Wildman–Crippen LogP) is 4.99. The number of allylic oxidation sites excluding steroid dienone is 1. The summed E-state index contributed by atoms with van der Waals surface area (Å²) in [4.78, 5) is 41.4. The van der Waals surface area contributed by atoms with Gasteiger partial charge in [0.05, 0.1) is 17.9 Å². The molecule has 0 bridgehead atoms. The number of carbonyl (C=O) groups is 3. The van der Waals surface area contributed by atoms with E-state index in [9.17, 15) is 31.2 Å². The number of β-lactam (4-membered cyclic amide) rings is 1. The Bertz CT molecular complexity index is 2150. The van der Waals surface area contributed by atoms with Crippen molar-refractivity contribution in [2.24, 2.45) is 0 Å². The van der Waals surface area contributed by atoms with Crippen LogP contribution in [0, 0.1) is 6.92 Å². The summed E-state index contributed by atoms with van der Waals surface area (Å²) < 4.78 is 70.2. The van der Waals surface area contributed by atoms with Crippen molar-refractivity contribution in [2.45, 2.75) is 34.7 Å². The van der Waals surface area contributed by atoms with E-state index in [-0.39, 0.29) is 32.8 Å². The smallest absolute Gasteiger partial charge is 0.359 e. The van der Waals surface area contributed by atoms with Crippen molar-refractivity contribution in [3.8, 4) is 5.75 Å². The standard InChI is InChI=1S/C35H31ClN2O10S3/c1-23-13-19-27(20-14-23)50(42,43)48-29(21-36)31(35(41)47-22-24-15-17-26(46-2)18-16-24)38-33(40)30(37-32(39)25-9-5-3-6-10-25)34(38)49-51(44,45)28-11-7-4-8-12-28/h3-20,30,34H,21-22H2,1-2H3,(H,37,39)/b31-29+/t30-,34-/m1/s1. The van der Waals surface area contributed by atoms with Crippen molar-refractivity contribution in [1.29, 1.82) is 0 Å². The van der Waals surface area contributed by atoms with Gasteiger partial charge in [-0.15, -0.1) is 11.6 Å². The second-order valence-corrected chi connectivity index (χ2v) is 16.7. The second kappa shape index (κ2) is 16.0. The lowest BCUT2D eigenvalue weighted by Gasteiger charge is -2.46. The van der Waals surface area contributed by atoms with E-state index in [2.05, 4.69) is 5.32 Å². The number of hydrogen-bond donors (Lipinski definition) is 1. The van der Waals surface area contributed by atoms with E-state index in [1.807, 2.05) is 0 Å². The van der Waals surface area contributed by atoms with Gasteiger partial charge in [-0.3, -0.25) is 14.5 Å². The van der Waals surface area contributed by atoms with Crippen LogP contribution in [0.2, 0.25) is 0 Å². The lowest BCUT2D eigenvalue weighted by Crippen LogP contribution is -2.69. The van der Waals surface area contributed by atoms with Gasteiger partial charge in [-0.1, -0.05) is 66.2 Å². The first kappa shape index (κ1) is 37.4. The molecule has 0 unspecified atom stereocenters. The first-order valence-electron chi connectivity index (χ1n) is 15.1. The molecular formula is C35H31ClN2O10S3. The zero-order valence-corrected chi connectivity index (χ0v) is 30.3. The van der Waals surface area contributed by atoms with Gasteiger partial charge < -0.3 is 19.0 Å². The van der Waals surface area contributed by atoms with Crippen molar-refractivity contribution in [2.75, 3.05) is 13.0 Å². The van der Waals surface area contributed by atoms with Crippen LogP contribution in [0.15, 0.2) is 130 Å². The largest absolute Gasteiger partial charge is 0.497 e. The zero-order valence-electron chi connectivity index (χ0n) is 27.1. The van der Waals surface area contributed by atoms with Crippen LogP contribution < -0.4 is 10.1 Å². The number of ether oxygens (including phenoxy) is 2. The van der Waals surface area contributed by atoms with Crippen molar-refractivity contribution < 1.29 is 44.9 Å². The molecule has 1 fully saturated rings. The molecule has 0 radical (unpaired) electrons. The molecule has 4 aromatic rings. The molecule has 0 aliphatic carbocycles. The van der Waals surface area contributed by atoms with Crippen molar-refractivity contribution >= 4 is 59.2 Å². The summed E-state index contributed by atoms with van der Waals surface area (Å²) in [7, 11) is -7.14. The fourth-order valence-electron chi connectivity index (χ4n) is 4.82. The van der Waals surface area contributed by atoms with Gasteiger partial charge in [0.25, 0.3) is 11.8 Å². The normalized spacial score (nSPS) is 16.4. The van der Waals surface area contributed by atoms with E-state index in [0.29, 0.717) is 11.3 Å². The van der Waals surface area contributed by atoms with Gasteiger partial charge in [0.2, 0.25) is 8.87 Å². The second-order valence-electron chi connectivity index (χ2n) is 11.0. The number of alkyl halides is 1. The summed E-state index contributed by atoms with van der Waals surface area (Å²) in [5.74, 6) is -3.81. The quantitative estimate of drug-likeness (QED) is 0.0350. The molecule has 1 saturated heterocycles. The van der Waals surface area contributed by atoms with Gasteiger partial charge >= 0.3 is 16.1 Å². The average molecular weight is 771 g/mol. The molecule has 5 rings (SSSR count). The molecule has 12 nitrogen and oxygen atoms in total. The maximum Gasteiger partial charge on any atom is 0.359 e. The number of esters is 1. The third-order valence-electron chi connectivity index (χ3n) is 7.49. The van der Waals surface area contributed by atoms with E-state index < -0.39 is 65.5 Å². The van der Waals surface area contributed by atoms with Crippen LogP contribution in [0.5, 0.6) is 5.75 Å². The van der Waals surface area contributed by atoms with Crippen molar-refractivity contribution in [3.63, 3.8) is 0 Å². The summed E-state index contributed by atoms with van der Waals surface area (Å²) in [5, 5.41) is 1.03. The molecule has 2 atom stereocenters. The summed E-state index contributed by atoms with van der Waals surface area (Å²) in [5.41, 5.74) is 0.691. The first-order valence-corrected chi connectivity index (χ1v) is 19.9. The highest BCUT2D eigenvalue weighted by Gasteiger charge is 2.55. The molecular weight excluding hydrogens is 740 g/mol. The van der Waals surface area contributed by atoms with Crippen molar-refractivity contribution in [1.82, 2.24) is 10.2 Å². The molecule has 4 aromatic carbocycles. The number of nitrogens with one attached hydrogen (secondary N) is 1. The number of benzene rings is 4. The van der Waals surface area contributed by atoms with Crippen LogP contribution in [0.4, 0.5) is 0 Å². The third-order valence-corrected chi connectivity index (χ3v) is 12.7. The maximum absolute atomic E-state index is 13.9. The molecule has 0 saturated carbocycles. The summed E-state index contributed by atoms with van der Waals surface area (Å²) in [6.45, 7) is 1.41. The number of likely N-dealkylation sites (tertiary alicyclic amines) is 1. The SMILES string of the molecule is COc1ccc(COC(=O)/C(=C(/CCl)OS(=O)(=O)c2ccc(C)cc2)N2C(=O)[C@@H](NC(=O)c3ccccc3)[C@H]2SS(=O)(=O)c2ccccc2)cc1. The molecule has 0 aromatic heterocycles. The van der Waals surface area contributed by atoms with E-state index in [0.717, 1.165) is 10.5 Å². The van der Waals surface area contributed by atoms with Gasteiger partial charge in [-0.05, 0) is 61.0 Å². The number of halogens is 1. The number of carbonyl (C=O) groups excluding carboxylic acids is 3. The molecule has 266 valence electrons. The van der Waals surface area contributed by atoms with Crippen LogP contribution in [-0.2, 0) is 44.1 Å². The lowest BCUT2D eigenvalue weighted by atomic mass is 10.0. The Morgan fingerprint density at radius 1 is 0.843 bits per heavy atom. The van der Waals surface area contributed by atoms with Gasteiger partial charge in [0.1, 0.15) is 28.7 Å². The van der Waals surface area contributed by atoms with Crippen LogP contribution in [-0.4, -0.2) is 63.9 Å². The van der Waals surface area contributed by atoms with E-state index >= 15 is 0 Å². The van der Waals surface area contributed by atoms with E-state index in [1.54, 1.807) is 55.5 Å². The molecule has 2 amide bonds. The highest BCUT2D eigenvalue weighted by Crippen LogP contribution is 2.41. The zero-order chi connectivity index (χ0) is 36.8. The maximum atomic E-state index is 13.9. The third kappa shape index (κ3) is 8.73. The fourth-order valence-corrected chi connectivity index (χ4v) is 9.52. The number of amides is 2. The van der Waals surface area contributed by atoms with Crippen molar-refractivity contribution in [3.05, 3.63) is 137 Å². The lowest BCUT2D eigenvalue weighted by molar-refractivity contribution is -0.152. The Labute approximate surface area is 303 Å². The minimum Gasteiger partial charge on any atom is -0.497 e. The Morgan fingerprint density at radius 3 is 2.04 bits per heavy atom. The predicted molar refractivity (Wildman–Crippen MR) is 190 cm³/mol. The van der Waals surface area contributed by atoms with E-state index in [4.69, 9.17) is 25.3 Å². The van der Waals surface area contributed by atoms with Gasteiger partial charge in [0, 0.05) is 16.4 Å². The molecule has 1 aliphatic heterocycles. The molecule has 1 aliphatic rings. The highest BCUT2D eigenvalue weighted by atomic mass is 35.5. The fraction of sp³-hybridized carbons (Fsp3) is 0.171. The Balaban J connectivity index is 1.57. The minimum atomic E-state index is -4.64. The highest BCUT2D eigenvalue weighted by molar-refractivity contribution is 8.72. The van der Waals surface area contributed by atoms with E-state index in [1.165, 1.54) is 67.8 Å². The van der Waals surface area contributed by atoms with Crippen LogP contribution >= 0.6 is 22.4 Å². The molecule has 1 heterocycles. The Kier molecular flexibility index (Phi) is 11.8. The minimum absolute atomic E-state index is 0.120. The molecule has 0 spiro atoms. The number of nitrogens with zero attached hydrogens (tertiary/aromatic N) is 1. The number of rotatable bonds is 14. The molecule has 1 N–H and O–H groups in total. The summed E-state index contributed by atoms with van der Waals surface area (Å²) >= 11 is 6.22. The summed E-state index contributed by atoms with van der Waals surface area (Å²) in [6, 6.07) is 25.8. The van der Waals surface area contributed by atoms with Gasteiger partial charge in [-0.25, -0.2) is 13.2 Å². The van der Waals surface area contributed by atoms with Crippen LogP contribution in [0.25, 0.3) is 0 Å². The number of methoxy groups -OCH3 is 1. The first-order chi connectivity index (χ1) is 24.3. The Hall–Kier alpha value is -4.83. The molecule has 51 heavy (non-hydrogen) atoms. The average Bonchev–Trinajstić information content (AvgIpc) is 3.14.